The molecule has 2 N–H and O–H groups in total. The minimum atomic E-state index is -4.60. The van der Waals surface area contributed by atoms with Gasteiger partial charge in [-0.05, 0) is 30.3 Å². The average molecular weight is 367 g/mol. The largest absolute Gasteiger partial charge is 0.435 e. The van der Waals surface area contributed by atoms with Crippen molar-refractivity contribution in [2.45, 2.75) is 11.1 Å². The summed E-state index contributed by atoms with van der Waals surface area (Å²) in [6.07, 6.45) is -4.60. The lowest BCUT2D eigenvalue weighted by Crippen LogP contribution is -2.11. The molecule has 0 aliphatic heterocycles. The molecule has 3 aromatic rings. The summed E-state index contributed by atoms with van der Waals surface area (Å²) in [6.45, 7) is 0. The molecule has 0 radical (unpaired) electrons. The van der Waals surface area contributed by atoms with Crippen molar-refractivity contribution in [3.8, 4) is 16.9 Å². The predicted octanol–water partition coefficient (Wildman–Crippen LogP) is 3.21. The van der Waals surface area contributed by atoms with E-state index in [4.69, 9.17) is 5.14 Å². The highest BCUT2D eigenvalue weighted by Crippen LogP contribution is 2.33. The highest BCUT2D eigenvalue weighted by Gasteiger charge is 2.35. The zero-order valence-corrected chi connectivity index (χ0v) is 13.4. The Bertz CT molecular complexity index is 995. The van der Waals surface area contributed by atoms with Crippen molar-refractivity contribution in [3.05, 3.63) is 66.4 Å². The molecule has 25 heavy (non-hydrogen) atoms. The Hall–Kier alpha value is -2.65. The third-order valence-corrected chi connectivity index (χ3v) is 4.41. The zero-order chi connectivity index (χ0) is 18.2. The van der Waals surface area contributed by atoms with E-state index in [2.05, 4.69) is 5.10 Å². The van der Waals surface area contributed by atoms with Gasteiger partial charge >= 0.3 is 6.18 Å². The Morgan fingerprint density at radius 1 is 0.960 bits per heavy atom. The van der Waals surface area contributed by atoms with Crippen LogP contribution in [0.25, 0.3) is 16.9 Å². The molecule has 0 saturated carbocycles. The number of benzene rings is 2. The second-order valence-electron chi connectivity index (χ2n) is 5.23. The molecular weight excluding hydrogens is 355 g/mol. The van der Waals surface area contributed by atoms with E-state index in [-0.39, 0.29) is 10.6 Å². The van der Waals surface area contributed by atoms with Crippen LogP contribution in [-0.4, -0.2) is 18.2 Å². The number of aromatic nitrogens is 2. The van der Waals surface area contributed by atoms with Crippen LogP contribution in [0.4, 0.5) is 13.2 Å². The number of hydrogen-bond donors (Lipinski definition) is 1. The highest BCUT2D eigenvalue weighted by atomic mass is 32.2. The summed E-state index contributed by atoms with van der Waals surface area (Å²) in [4.78, 5) is -0.127. The number of nitrogens with zero attached hydrogens (tertiary/aromatic N) is 2. The first-order valence-corrected chi connectivity index (χ1v) is 8.57. The fourth-order valence-corrected chi connectivity index (χ4v) is 2.82. The molecule has 0 aliphatic rings. The number of alkyl halides is 3. The topological polar surface area (TPSA) is 78.0 Å². The number of sulfonamides is 1. The zero-order valence-electron chi connectivity index (χ0n) is 12.6. The van der Waals surface area contributed by atoms with Gasteiger partial charge in [0.15, 0.2) is 5.69 Å². The number of halogens is 3. The molecule has 0 bridgehead atoms. The van der Waals surface area contributed by atoms with E-state index in [0.29, 0.717) is 11.3 Å². The second kappa shape index (κ2) is 6.01. The first kappa shape index (κ1) is 17.2. The van der Waals surface area contributed by atoms with Gasteiger partial charge in [0.05, 0.1) is 16.3 Å². The Morgan fingerprint density at radius 2 is 1.56 bits per heavy atom. The van der Waals surface area contributed by atoms with E-state index in [1.807, 2.05) is 0 Å². The Morgan fingerprint density at radius 3 is 2.08 bits per heavy atom. The van der Waals surface area contributed by atoms with Gasteiger partial charge in [-0.1, -0.05) is 30.3 Å². The molecule has 1 aromatic heterocycles. The number of hydrogen-bond acceptors (Lipinski definition) is 3. The Kier molecular flexibility index (Phi) is 4.13. The van der Waals surface area contributed by atoms with Gasteiger partial charge in [0.1, 0.15) is 0 Å². The third-order valence-electron chi connectivity index (χ3n) is 3.48. The normalized spacial score (nSPS) is 12.3. The Balaban J connectivity index is 2.16. The SMILES string of the molecule is NS(=O)(=O)c1ccc(-c2cc(C(F)(F)F)nn2-c2ccccc2)cc1. The van der Waals surface area contributed by atoms with Crippen molar-refractivity contribution in [1.82, 2.24) is 9.78 Å². The molecule has 0 unspecified atom stereocenters. The van der Waals surface area contributed by atoms with Crippen LogP contribution in [-0.2, 0) is 16.2 Å². The van der Waals surface area contributed by atoms with Crippen molar-refractivity contribution in [2.24, 2.45) is 5.14 Å². The third kappa shape index (κ3) is 3.57. The van der Waals surface area contributed by atoms with Gasteiger partial charge in [-0.15, -0.1) is 0 Å². The van der Waals surface area contributed by atoms with E-state index in [1.54, 1.807) is 30.3 Å². The lowest BCUT2D eigenvalue weighted by Gasteiger charge is -2.08. The van der Waals surface area contributed by atoms with Gasteiger partial charge in [0.2, 0.25) is 10.0 Å². The molecular formula is C16H12F3N3O2S. The summed E-state index contributed by atoms with van der Waals surface area (Å²) in [7, 11) is -3.88. The van der Waals surface area contributed by atoms with Crippen molar-refractivity contribution in [1.29, 1.82) is 0 Å². The molecule has 0 aliphatic carbocycles. The molecule has 1 heterocycles. The summed E-state index contributed by atoms with van der Waals surface area (Å²) in [5, 5.41) is 8.68. The van der Waals surface area contributed by atoms with Crippen molar-refractivity contribution in [2.75, 3.05) is 0 Å². The first-order chi connectivity index (χ1) is 11.7. The fraction of sp³-hybridized carbons (Fsp3) is 0.0625. The molecule has 0 fully saturated rings. The summed E-state index contributed by atoms with van der Waals surface area (Å²) in [6, 6.07) is 14.5. The van der Waals surface area contributed by atoms with Gasteiger partial charge < -0.3 is 0 Å². The molecule has 9 heteroatoms. The maximum Gasteiger partial charge on any atom is 0.435 e. The van der Waals surface area contributed by atoms with E-state index < -0.39 is 21.9 Å². The summed E-state index contributed by atoms with van der Waals surface area (Å²) in [5.41, 5.74) is -0.0378. The van der Waals surface area contributed by atoms with Gasteiger partial charge in [-0.25, -0.2) is 18.2 Å². The standard InChI is InChI=1S/C16H12F3N3O2S/c17-16(18,19)15-10-14(22(21-15)12-4-2-1-3-5-12)11-6-8-13(9-7-11)25(20,23)24/h1-10H,(H2,20,23,24). The number of primary sulfonamides is 1. The molecule has 3 rings (SSSR count). The minimum absolute atomic E-state index is 0.127. The van der Waals surface area contributed by atoms with Crippen LogP contribution >= 0.6 is 0 Å². The van der Waals surface area contributed by atoms with Gasteiger partial charge in [0, 0.05) is 5.56 Å². The quantitative estimate of drug-likeness (QED) is 0.772. The van der Waals surface area contributed by atoms with Crippen LogP contribution in [0, 0.1) is 0 Å². The van der Waals surface area contributed by atoms with Crippen LogP contribution in [0.5, 0.6) is 0 Å². The first-order valence-electron chi connectivity index (χ1n) is 7.02. The van der Waals surface area contributed by atoms with Crippen LogP contribution in [0.2, 0.25) is 0 Å². The average Bonchev–Trinajstić information content (AvgIpc) is 3.00. The predicted molar refractivity (Wildman–Crippen MR) is 85.4 cm³/mol. The molecule has 130 valence electrons. The molecule has 2 aromatic carbocycles. The highest BCUT2D eigenvalue weighted by molar-refractivity contribution is 7.89. The summed E-state index contributed by atoms with van der Waals surface area (Å²) < 4.78 is 63.0. The van der Waals surface area contributed by atoms with Crippen molar-refractivity contribution < 1.29 is 21.6 Å². The van der Waals surface area contributed by atoms with E-state index in [0.717, 1.165) is 10.7 Å². The second-order valence-corrected chi connectivity index (χ2v) is 6.79. The van der Waals surface area contributed by atoms with E-state index in [9.17, 15) is 21.6 Å². The van der Waals surface area contributed by atoms with Gasteiger partial charge in [-0.3, -0.25) is 0 Å². The van der Waals surface area contributed by atoms with Gasteiger partial charge in [0.25, 0.3) is 0 Å². The monoisotopic (exact) mass is 367 g/mol. The van der Waals surface area contributed by atoms with Crippen LogP contribution in [0.15, 0.2) is 65.6 Å². The van der Waals surface area contributed by atoms with E-state index >= 15 is 0 Å². The maximum absolute atomic E-state index is 13.1. The molecule has 0 spiro atoms. The maximum atomic E-state index is 13.1. The Labute approximate surface area is 141 Å². The van der Waals surface area contributed by atoms with Crippen molar-refractivity contribution >= 4 is 10.0 Å². The minimum Gasteiger partial charge on any atom is -0.233 e. The number of rotatable bonds is 3. The summed E-state index contributed by atoms with van der Waals surface area (Å²) >= 11 is 0. The van der Waals surface area contributed by atoms with Crippen LogP contribution in [0.3, 0.4) is 0 Å². The molecule has 0 saturated heterocycles. The number of para-hydroxylation sites is 1. The lowest BCUT2D eigenvalue weighted by atomic mass is 10.1. The lowest BCUT2D eigenvalue weighted by molar-refractivity contribution is -0.141. The molecule has 0 amide bonds. The van der Waals surface area contributed by atoms with E-state index in [1.165, 1.54) is 24.3 Å². The fourth-order valence-electron chi connectivity index (χ4n) is 2.31. The van der Waals surface area contributed by atoms with Crippen LogP contribution in [0.1, 0.15) is 5.69 Å². The summed E-state index contributed by atoms with van der Waals surface area (Å²) in [5.74, 6) is 0. The van der Waals surface area contributed by atoms with Crippen molar-refractivity contribution in [3.63, 3.8) is 0 Å². The number of nitrogens with two attached hydrogens (primary N) is 1. The molecule has 5 nitrogen and oxygen atoms in total. The van der Waals surface area contributed by atoms with Gasteiger partial charge in [-0.2, -0.15) is 18.3 Å². The smallest absolute Gasteiger partial charge is 0.233 e. The van der Waals surface area contributed by atoms with Crippen LogP contribution < -0.4 is 5.14 Å². The molecule has 0 atom stereocenters.